The van der Waals surface area contributed by atoms with Gasteiger partial charge in [0.25, 0.3) is 0 Å². The van der Waals surface area contributed by atoms with Crippen molar-refractivity contribution < 1.29 is 0 Å². The monoisotopic (exact) mass is 348 g/mol. The Morgan fingerprint density at radius 3 is 1.09 bits per heavy atom. The van der Waals surface area contributed by atoms with Crippen molar-refractivity contribution >= 4 is 19.7 Å². The highest BCUT2D eigenvalue weighted by Gasteiger charge is 2.05. The van der Waals surface area contributed by atoms with Crippen LogP contribution in [-0.2, 0) is 0 Å². The molecule has 0 radical (unpaired) electrons. The molecule has 0 aliphatic carbocycles. The van der Waals surface area contributed by atoms with Gasteiger partial charge in [-0.05, 0) is 62.1 Å². The highest BCUT2D eigenvalue weighted by Crippen LogP contribution is 2.38. The first-order valence-corrected chi connectivity index (χ1v) is 13.1. The van der Waals surface area contributed by atoms with Crippen LogP contribution in [0.2, 0.25) is 0 Å². The van der Waals surface area contributed by atoms with Gasteiger partial charge in [-0.3, -0.25) is 0 Å². The van der Waals surface area contributed by atoms with Crippen molar-refractivity contribution in [1.29, 1.82) is 0 Å². The Kier molecular flexibility index (Phi) is 27.3. The maximum absolute atomic E-state index is 2.31. The summed E-state index contributed by atoms with van der Waals surface area (Å²) in [5.74, 6) is 2.74. The zero-order chi connectivity index (χ0) is 16.9. The molecule has 0 aromatic rings. The van der Waals surface area contributed by atoms with Crippen LogP contribution < -0.4 is 0 Å². The van der Waals surface area contributed by atoms with Crippen molar-refractivity contribution in [1.82, 2.24) is 0 Å². The molecular weight excluding hydrogens is 303 g/mol. The molecule has 136 valence electrons. The average Bonchev–Trinajstić information content (AvgIpc) is 2.55. The van der Waals surface area contributed by atoms with Crippen molar-refractivity contribution in [3.05, 3.63) is 0 Å². The summed E-state index contributed by atoms with van der Waals surface area (Å²) < 4.78 is 0. The van der Waals surface area contributed by atoms with Gasteiger partial charge in [-0.25, -0.2) is 0 Å². The Morgan fingerprint density at radius 2 is 0.818 bits per heavy atom. The van der Waals surface area contributed by atoms with E-state index >= 15 is 0 Å². The minimum absolute atomic E-state index is 0.422. The van der Waals surface area contributed by atoms with Gasteiger partial charge < -0.3 is 0 Å². The van der Waals surface area contributed by atoms with Gasteiger partial charge in [0.1, 0.15) is 0 Å². The fraction of sp³-hybridized carbons (Fsp3) is 1.00. The fourth-order valence-electron chi connectivity index (χ4n) is 2.08. The normalized spacial score (nSPS) is 10.6. The molecule has 2 heteroatoms. The summed E-state index contributed by atoms with van der Waals surface area (Å²) in [5, 5.41) is 0. The lowest BCUT2D eigenvalue weighted by molar-refractivity contribution is 0.847. The van der Waals surface area contributed by atoms with E-state index in [0.29, 0.717) is 7.92 Å². The molecule has 0 atom stereocenters. The van der Waals surface area contributed by atoms with E-state index in [1.165, 1.54) is 75.7 Å². The SMILES string of the molecule is CCCCP(CCCC)CCCC.CCCCSCCCC. The van der Waals surface area contributed by atoms with Crippen LogP contribution in [0.25, 0.3) is 0 Å². The number of rotatable bonds is 15. The van der Waals surface area contributed by atoms with Crippen molar-refractivity contribution in [3.63, 3.8) is 0 Å². The second-order valence-electron chi connectivity index (χ2n) is 6.22. The van der Waals surface area contributed by atoms with E-state index in [2.05, 4.69) is 46.4 Å². The fourth-order valence-corrected chi connectivity index (χ4v) is 6.23. The first-order chi connectivity index (χ1) is 10.8. The third kappa shape index (κ3) is 23.1. The third-order valence-corrected chi connectivity index (χ3v) is 7.77. The molecule has 0 aliphatic heterocycles. The molecule has 0 aromatic carbocycles. The lowest BCUT2D eigenvalue weighted by Crippen LogP contribution is -1.95. The van der Waals surface area contributed by atoms with E-state index in [1.807, 2.05) is 0 Å². The maximum Gasteiger partial charge on any atom is -0.00676 e. The van der Waals surface area contributed by atoms with E-state index in [9.17, 15) is 0 Å². The molecule has 0 bridgehead atoms. The molecular formula is C20H45PS. The first kappa shape index (κ1) is 25.0. The minimum atomic E-state index is 0.422. The van der Waals surface area contributed by atoms with Crippen LogP contribution in [0.3, 0.4) is 0 Å². The smallest absolute Gasteiger partial charge is 0.00676 e. The summed E-state index contributed by atoms with van der Waals surface area (Å²) in [6.07, 6.45) is 18.7. The zero-order valence-corrected chi connectivity index (χ0v) is 18.2. The van der Waals surface area contributed by atoms with Crippen LogP contribution in [0.5, 0.6) is 0 Å². The van der Waals surface area contributed by atoms with Crippen LogP contribution in [0.1, 0.15) is 98.8 Å². The van der Waals surface area contributed by atoms with Gasteiger partial charge in [0.05, 0.1) is 0 Å². The predicted octanol–water partition coefficient (Wildman–Crippen LogP) is 8.19. The number of hydrogen-bond donors (Lipinski definition) is 0. The van der Waals surface area contributed by atoms with E-state index < -0.39 is 0 Å². The molecule has 0 nitrogen and oxygen atoms in total. The Labute approximate surface area is 148 Å². The summed E-state index contributed by atoms with van der Waals surface area (Å²) in [6, 6.07) is 0. The largest absolute Gasteiger partial charge is 0.162 e. The van der Waals surface area contributed by atoms with Crippen molar-refractivity contribution in [2.45, 2.75) is 98.8 Å². The van der Waals surface area contributed by atoms with E-state index in [1.54, 1.807) is 18.5 Å². The quantitative estimate of drug-likeness (QED) is 0.212. The minimum Gasteiger partial charge on any atom is -0.162 e. The first-order valence-electron chi connectivity index (χ1n) is 10.1. The van der Waals surface area contributed by atoms with Crippen LogP contribution in [0.15, 0.2) is 0 Å². The summed E-state index contributed by atoms with van der Waals surface area (Å²) >= 11 is 2.10. The van der Waals surface area contributed by atoms with Crippen LogP contribution in [0.4, 0.5) is 0 Å². The molecule has 0 spiro atoms. The zero-order valence-electron chi connectivity index (χ0n) is 16.5. The average molecular weight is 349 g/mol. The van der Waals surface area contributed by atoms with Gasteiger partial charge in [-0.15, -0.1) is 7.92 Å². The third-order valence-electron chi connectivity index (χ3n) is 3.77. The summed E-state index contributed by atoms with van der Waals surface area (Å²) in [7, 11) is 0.422. The lowest BCUT2D eigenvalue weighted by atomic mass is 10.4. The molecule has 22 heavy (non-hydrogen) atoms. The highest BCUT2D eigenvalue weighted by molar-refractivity contribution is 7.99. The Bertz CT molecular complexity index is 148. The van der Waals surface area contributed by atoms with Gasteiger partial charge in [-0.2, -0.15) is 11.8 Å². The Hall–Kier alpha value is 0.780. The lowest BCUT2D eigenvalue weighted by Gasteiger charge is -2.16. The molecule has 0 rings (SSSR count). The highest BCUT2D eigenvalue weighted by atomic mass is 32.2. The van der Waals surface area contributed by atoms with Gasteiger partial charge >= 0.3 is 0 Å². The second-order valence-corrected chi connectivity index (χ2v) is 10.1. The van der Waals surface area contributed by atoms with Gasteiger partial charge in [0, 0.05) is 0 Å². The van der Waals surface area contributed by atoms with Crippen molar-refractivity contribution in [2.75, 3.05) is 30.0 Å². The van der Waals surface area contributed by atoms with Crippen LogP contribution in [-0.4, -0.2) is 30.0 Å². The summed E-state index contributed by atoms with van der Waals surface area (Å²) in [5.41, 5.74) is 0. The van der Waals surface area contributed by atoms with Gasteiger partial charge in [-0.1, -0.05) is 66.7 Å². The predicted molar refractivity (Wildman–Crippen MR) is 113 cm³/mol. The summed E-state index contributed by atoms with van der Waals surface area (Å²) in [4.78, 5) is 0. The number of thioether (sulfide) groups is 1. The molecule has 0 fully saturated rings. The Balaban J connectivity index is 0. The van der Waals surface area contributed by atoms with E-state index in [-0.39, 0.29) is 0 Å². The summed E-state index contributed by atoms with van der Waals surface area (Å²) in [6.45, 7) is 11.4. The van der Waals surface area contributed by atoms with Crippen LogP contribution >= 0.6 is 19.7 Å². The van der Waals surface area contributed by atoms with Crippen molar-refractivity contribution in [3.8, 4) is 0 Å². The van der Waals surface area contributed by atoms with Gasteiger partial charge in [0.2, 0.25) is 0 Å². The molecule has 0 amide bonds. The topological polar surface area (TPSA) is 0 Å². The molecule has 0 aliphatic rings. The molecule has 0 N–H and O–H groups in total. The number of hydrogen-bond acceptors (Lipinski definition) is 1. The molecule has 0 saturated heterocycles. The van der Waals surface area contributed by atoms with Crippen molar-refractivity contribution in [2.24, 2.45) is 0 Å². The van der Waals surface area contributed by atoms with Gasteiger partial charge in [0.15, 0.2) is 0 Å². The standard InChI is InChI=1S/C12H27P.C8H18S/c1-4-7-10-13(11-8-5-2)12-9-6-3;1-3-5-7-9-8-6-4-2/h4-12H2,1-3H3;3-8H2,1-2H3. The van der Waals surface area contributed by atoms with E-state index in [0.717, 1.165) is 0 Å². The Morgan fingerprint density at radius 1 is 0.500 bits per heavy atom. The number of unbranched alkanes of at least 4 members (excludes halogenated alkanes) is 5. The molecule has 0 saturated carbocycles. The maximum atomic E-state index is 2.31. The van der Waals surface area contributed by atoms with Crippen LogP contribution in [0, 0.1) is 0 Å². The van der Waals surface area contributed by atoms with E-state index in [4.69, 9.17) is 0 Å². The molecule has 0 heterocycles. The second kappa shape index (κ2) is 24.0. The molecule has 0 aromatic heterocycles. The molecule has 0 unspecified atom stereocenters.